The van der Waals surface area contributed by atoms with Crippen LogP contribution in [0.4, 0.5) is 5.13 Å². The largest absolute Gasteiger partial charge is 0.450 e. The van der Waals surface area contributed by atoms with E-state index in [0.717, 1.165) is 33.0 Å². The fourth-order valence-electron chi connectivity index (χ4n) is 2.88. The molecule has 2 aromatic heterocycles. The van der Waals surface area contributed by atoms with Crippen LogP contribution in [0, 0.1) is 17.2 Å². The predicted molar refractivity (Wildman–Crippen MR) is 134 cm³/mol. The van der Waals surface area contributed by atoms with Gasteiger partial charge in [0.15, 0.2) is 5.09 Å². The topological polar surface area (TPSA) is 91.8 Å². The highest BCUT2D eigenvalue weighted by Crippen LogP contribution is 2.34. The van der Waals surface area contributed by atoms with E-state index in [4.69, 9.17) is 4.42 Å². The number of carbonyl (C=O) groups is 1. The number of aromatic nitrogens is 2. The lowest BCUT2D eigenvalue weighted by Gasteiger charge is -2.04. The van der Waals surface area contributed by atoms with Crippen LogP contribution in [0.3, 0.4) is 0 Å². The van der Waals surface area contributed by atoms with Crippen LogP contribution in [0.1, 0.15) is 19.6 Å². The number of anilines is 1. The molecule has 1 amide bonds. The van der Waals surface area contributed by atoms with Crippen LogP contribution >= 0.6 is 35.1 Å². The highest BCUT2D eigenvalue weighted by atomic mass is 32.2. The normalized spacial score (nSPS) is 11.6. The Morgan fingerprint density at radius 2 is 2.03 bits per heavy atom. The lowest BCUT2D eigenvalue weighted by molar-refractivity contribution is -0.112. The van der Waals surface area contributed by atoms with E-state index in [1.54, 1.807) is 6.07 Å². The van der Waals surface area contributed by atoms with Crippen LogP contribution < -0.4 is 5.32 Å². The van der Waals surface area contributed by atoms with Gasteiger partial charge in [0.1, 0.15) is 17.4 Å². The maximum absolute atomic E-state index is 12.6. The molecule has 9 heteroatoms. The number of rotatable bonds is 8. The summed E-state index contributed by atoms with van der Waals surface area (Å²) in [7, 11) is 0. The zero-order valence-electron chi connectivity index (χ0n) is 17.9. The molecule has 4 aromatic rings. The van der Waals surface area contributed by atoms with Crippen molar-refractivity contribution < 1.29 is 9.21 Å². The predicted octanol–water partition coefficient (Wildman–Crippen LogP) is 6.73. The molecule has 4 rings (SSSR count). The summed E-state index contributed by atoms with van der Waals surface area (Å²) in [5, 5.41) is 16.1. The first-order chi connectivity index (χ1) is 16.0. The van der Waals surface area contributed by atoms with Gasteiger partial charge >= 0.3 is 0 Å². The van der Waals surface area contributed by atoms with Crippen molar-refractivity contribution >= 4 is 62.9 Å². The number of hydrogen-bond acceptors (Lipinski definition) is 8. The molecule has 0 unspecified atom stereocenters. The lowest BCUT2D eigenvalue weighted by Crippen LogP contribution is -2.13. The standard InChI is InChI=1S/C24H20N4O2S3/c1-15(2)14-31-24-27-23(33-28-24)26-22(29)17(13-25)12-18-10-11-21(30-18)32-20-9-5-7-16-6-3-4-8-19(16)20/h3-12,15H,14H2,1-2H3,(H,26,27,28,29)/b17-12-. The summed E-state index contributed by atoms with van der Waals surface area (Å²) in [4.78, 5) is 17.9. The Bertz CT molecular complexity index is 1350. The molecule has 166 valence electrons. The van der Waals surface area contributed by atoms with E-state index in [1.807, 2.05) is 36.4 Å². The molecule has 0 saturated carbocycles. The summed E-state index contributed by atoms with van der Waals surface area (Å²) >= 11 is 4.12. The van der Waals surface area contributed by atoms with E-state index in [-0.39, 0.29) is 5.57 Å². The van der Waals surface area contributed by atoms with Gasteiger partial charge < -0.3 is 4.42 Å². The number of nitrogens with one attached hydrogen (secondary N) is 1. The molecule has 0 spiro atoms. The van der Waals surface area contributed by atoms with Crippen molar-refractivity contribution in [2.24, 2.45) is 5.92 Å². The Balaban J connectivity index is 1.44. The van der Waals surface area contributed by atoms with E-state index >= 15 is 0 Å². The minimum Gasteiger partial charge on any atom is -0.450 e. The van der Waals surface area contributed by atoms with E-state index in [2.05, 4.69) is 46.7 Å². The average molecular weight is 493 g/mol. The van der Waals surface area contributed by atoms with Crippen LogP contribution in [0.5, 0.6) is 0 Å². The van der Waals surface area contributed by atoms with Gasteiger partial charge in [0.2, 0.25) is 10.3 Å². The van der Waals surface area contributed by atoms with Gasteiger partial charge in [-0.05, 0) is 34.9 Å². The zero-order chi connectivity index (χ0) is 23.2. The van der Waals surface area contributed by atoms with Crippen molar-refractivity contribution in [3.8, 4) is 6.07 Å². The fourth-order valence-corrected chi connectivity index (χ4v) is 5.30. The number of carbonyl (C=O) groups excluding carboxylic acids is 1. The Hall–Kier alpha value is -3.06. The zero-order valence-corrected chi connectivity index (χ0v) is 20.4. The molecule has 0 bridgehead atoms. The maximum Gasteiger partial charge on any atom is 0.268 e. The van der Waals surface area contributed by atoms with Gasteiger partial charge in [0.05, 0.1) is 0 Å². The van der Waals surface area contributed by atoms with Crippen LogP contribution in [0.15, 0.2) is 79.7 Å². The molecule has 0 radical (unpaired) electrons. The van der Waals surface area contributed by atoms with Crippen molar-refractivity contribution in [1.82, 2.24) is 9.36 Å². The maximum atomic E-state index is 12.6. The number of nitriles is 1. The third kappa shape index (κ3) is 6.05. The number of amides is 1. The molecular formula is C24H20N4O2S3. The minimum atomic E-state index is -0.547. The first kappa shape index (κ1) is 23.1. The molecule has 1 N–H and O–H groups in total. The molecule has 33 heavy (non-hydrogen) atoms. The summed E-state index contributed by atoms with van der Waals surface area (Å²) in [5.74, 6) is 1.29. The van der Waals surface area contributed by atoms with Gasteiger partial charge in [-0.3, -0.25) is 10.1 Å². The molecule has 0 aliphatic rings. The molecule has 6 nitrogen and oxygen atoms in total. The van der Waals surface area contributed by atoms with Gasteiger partial charge in [-0.2, -0.15) is 14.6 Å². The van der Waals surface area contributed by atoms with Crippen LogP contribution in [0.25, 0.3) is 16.8 Å². The second kappa shape index (κ2) is 10.7. The van der Waals surface area contributed by atoms with Crippen LogP contribution in [0.2, 0.25) is 0 Å². The Labute approximate surface area is 204 Å². The third-order valence-electron chi connectivity index (χ3n) is 4.39. The summed E-state index contributed by atoms with van der Waals surface area (Å²) in [6.07, 6.45) is 1.43. The Kier molecular flexibility index (Phi) is 7.50. The summed E-state index contributed by atoms with van der Waals surface area (Å²) in [5.41, 5.74) is -0.0716. The smallest absolute Gasteiger partial charge is 0.268 e. The number of furan rings is 1. The number of nitrogens with zero attached hydrogens (tertiary/aromatic N) is 3. The lowest BCUT2D eigenvalue weighted by atomic mass is 10.1. The van der Waals surface area contributed by atoms with E-state index < -0.39 is 5.91 Å². The number of thioether (sulfide) groups is 1. The second-order valence-corrected chi connectivity index (χ2v) is 10.2. The molecule has 2 aromatic carbocycles. The second-order valence-electron chi connectivity index (χ2n) is 7.45. The van der Waals surface area contributed by atoms with Crippen molar-refractivity contribution in [2.45, 2.75) is 29.0 Å². The van der Waals surface area contributed by atoms with Gasteiger partial charge in [-0.25, -0.2) is 0 Å². The molecule has 2 heterocycles. The van der Waals surface area contributed by atoms with Crippen molar-refractivity contribution in [3.63, 3.8) is 0 Å². The molecule has 0 aliphatic heterocycles. The summed E-state index contributed by atoms with van der Waals surface area (Å²) < 4.78 is 10.1. The molecule has 0 aliphatic carbocycles. The monoisotopic (exact) mass is 492 g/mol. The Morgan fingerprint density at radius 1 is 1.21 bits per heavy atom. The SMILES string of the molecule is CC(C)CSc1nsc(NC(=O)/C(C#N)=C\c2ccc(Sc3cccc4ccccc34)o2)n1. The average Bonchev–Trinajstić information content (AvgIpc) is 3.45. The Morgan fingerprint density at radius 3 is 2.85 bits per heavy atom. The molecular weight excluding hydrogens is 472 g/mol. The fraction of sp³-hybridized carbons (Fsp3) is 0.167. The molecule has 0 fully saturated rings. The summed E-state index contributed by atoms with van der Waals surface area (Å²) in [6.45, 7) is 4.24. The van der Waals surface area contributed by atoms with Crippen molar-refractivity contribution in [1.29, 1.82) is 5.26 Å². The van der Waals surface area contributed by atoms with Crippen LogP contribution in [-0.4, -0.2) is 21.0 Å². The van der Waals surface area contributed by atoms with Gasteiger partial charge in [0, 0.05) is 28.3 Å². The van der Waals surface area contributed by atoms with Gasteiger partial charge in [-0.1, -0.05) is 73.8 Å². The minimum absolute atomic E-state index is 0.0716. The number of fused-ring (bicyclic) bond motifs is 1. The highest BCUT2D eigenvalue weighted by molar-refractivity contribution is 7.99. The summed E-state index contributed by atoms with van der Waals surface area (Å²) in [6, 6.07) is 19.8. The first-order valence-corrected chi connectivity index (χ1v) is 12.7. The van der Waals surface area contributed by atoms with Gasteiger partial charge in [-0.15, -0.1) is 0 Å². The molecule has 0 saturated heterocycles. The highest BCUT2D eigenvalue weighted by Gasteiger charge is 2.15. The van der Waals surface area contributed by atoms with Crippen molar-refractivity contribution in [3.05, 3.63) is 65.9 Å². The third-order valence-corrected chi connectivity index (χ3v) is 7.40. The quantitative estimate of drug-likeness (QED) is 0.166. The van der Waals surface area contributed by atoms with E-state index in [0.29, 0.717) is 27.1 Å². The first-order valence-electron chi connectivity index (χ1n) is 10.2. The van der Waals surface area contributed by atoms with E-state index in [9.17, 15) is 10.1 Å². The number of benzene rings is 2. The molecule has 0 atom stereocenters. The number of hydrogen-bond donors (Lipinski definition) is 1. The van der Waals surface area contributed by atoms with E-state index in [1.165, 1.54) is 29.6 Å². The van der Waals surface area contributed by atoms with Crippen molar-refractivity contribution in [2.75, 3.05) is 11.1 Å². The van der Waals surface area contributed by atoms with Crippen LogP contribution in [-0.2, 0) is 4.79 Å². The van der Waals surface area contributed by atoms with Gasteiger partial charge in [0.25, 0.3) is 5.91 Å².